The maximum Gasteiger partial charge on any atom is 0.673 e. The zero-order chi connectivity index (χ0) is 20.4. The summed E-state index contributed by atoms with van der Waals surface area (Å²) in [6.07, 6.45) is 5.06. The lowest BCUT2D eigenvalue weighted by Gasteiger charge is -2.36. The average molecular weight is 405 g/mol. The highest BCUT2D eigenvalue weighted by Gasteiger charge is 2.46. The van der Waals surface area contributed by atoms with E-state index >= 15 is 0 Å². The van der Waals surface area contributed by atoms with Gasteiger partial charge in [0.05, 0.1) is 12.1 Å². The van der Waals surface area contributed by atoms with E-state index in [2.05, 4.69) is 75.9 Å². The van der Waals surface area contributed by atoms with Crippen LogP contribution in [0.5, 0.6) is 0 Å². The molecule has 4 atom stereocenters. The minimum Gasteiger partial charge on any atom is -0.418 e. The fraction of sp³-hybridized carbons (Fsp3) is 0.381. The Morgan fingerprint density at radius 3 is 1.45 bits per heavy atom. The van der Waals surface area contributed by atoms with Gasteiger partial charge in [-0.3, -0.25) is 15.2 Å². The Kier molecular flexibility index (Phi) is 5.52. The molecule has 3 heterocycles. The maximum absolute atomic E-state index is 9.75. The quantitative estimate of drug-likeness (QED) is 0.432. The van der Waals surface area contributed by atoms with Crippen LogP contribution in [-0.4, -0.2) is 29.9 Å². The second-order valence-electron chi connectivity index (χ2n) is 7.82. The lowest BCUT2D eigenvalue weighted by molar-refractivity contribution is -0.593. The molecule has 2 N–H and O–H groups in total. The van der Waals surface area contributed by atoms with Crippen molar-refractivity contribution >= 4 is 13.2 Å². The summed E-state index contributed by atoms with van der Waals surface area (Å²) in [4.78, 5) is 0. The van der Waals surface area contributed by atoms with Gasteiger partial charge in [0.15, 0.2) is 0 Å². The Morgan fingerprint density at radius 1 is 0.690 bits per heavy atom. The third kappa shape index (κ3) is 4.74. The fourth-order valence-corrected chi connectivity index (χ4v) is 4.78. The molecule has 1 saturated heterocycles. The van der Waals surface area contributed by atoms with Crippen LogP contribution >= 0.6 is 0 Å². The number of halogens is 4. The van der Waals surface area contributed by atoms with Crippen LogP contribution in [0.15, 0.2) is 60.7 Å². The largest absolute Gasteiger partial charge is 0.673 e. The van der Waals surface area contributed by atoms with Crippen LogP contribution in [0.4, 0.5) is 17.3 Å². The second-order valence-corrected chi connectivity index (χ2v) is 7.82. The molecule has 0 bridgehead atoms. The van der Waals surface area contributed by atoms with E-state index in [1.165, 1.54) is 42.8 Å². The highest BCUT2D eigenvalue weighted by Crippen LogP contribution is 2.37. The summed E-state index contributed by atoms with van der Waals surface area (Å²) < 4.78 is 41.6. The number of rotatable bonds is 2. The zero-order valence-corrected chi connectivity index (χ0v) is 15.9. The lowest BCUT2D eigenvalue weighted by Crippen LogP contribution is -2.58. The van der Waals surface area contributed by atoms with Crippen LogP contribution in [0, 0.1) is 0 Å². The van der Waals surface area contributed by atoms with Gasteiger partial charge in [-0.05, 0) is 24.0 Å². The summed E-state index contributed by atoms with van der Waals surface area (Å²) in [6, 6.07) is 24.0. The molecule has 3 aliphatic heterocycles. The summed E-state index contributed by atoms with van der Waals surface area (Å²) in [5.41, 5.74) is 2.80. The minimum absolute atomic E-state index is 0.420. The van der Waals surface area contributed by atoms with Crippen LogP contribution in [0.2, 0.25) is 0 Å². The van der Waals surface area contributed by atoms with E-state index in [-0.39, 0.29) is 0 Å². The molecule has 0 amide bonds. The van der Waals surface area contributed by atoms with Gasteiger partial charge in [0, 0.05) is 12.8 Å². The van der Waals surface area contributed by atoms with Crippen LogP contribution in [0.25, 0.3) is 0 Å². The fourth-order valence-electron chi connectivity index (χ4n) is 4.78. The Hall–Kier alpha value is -2.51. The Morgan fingerprint density at radius 2 is 1.07 bits per heavy atom. The highest BCUT2D eigenvalue weighted by atomic mass is 19.5. The van der Waals surface area contributed by atoms with Crippen molar-refractivity contribution in [3.63, 3.8) is 0 Å². The topological polar surface area (TPSA) is 27.1 Å². The molecule has 0 aliphatic carbocycles. The van der Waals surface area contributed by atoms with Gasteiger partial charge in [0.1, 0.15) is 12.1 Å². The third-order valence-corrected chi connectivity index (χ3v) is 5.92. The van der Waals surface area contributed by atoms with Crippen molar-refractivity contribution in [3.05, 3.63) is 71.8 Å². The van der Waals surface area contributed by atoms with E-state index < -0.39 is 7.25 Å². The summed E-state index contributed by atoms with van der Waals surface area (Å²) in [5, 5.41) is 7.61. The molecule has 29 heavy (non-hydrogen) atoms. The van der Waals surface area contributed by atoms with Crippen LogP contribution < -0.4 is 10.6 Å². The van der Waals surface area contributed by atoms with E-state index in [9.17, 15) is 17.3 Å². The predicted molar refractivity (Wildman–Crippen MR) is 106 cm³/mol. The van der Waals surface area contributed by atoms with Gasteiger partial charge < -0.3 is 17.3 Å². The first kappa shape index (κ1) is 19.8. The molecule has 0 unspecified atom stereocenters. The molecule has 8 heteroatoms. The van der Waals surface area contributed by atoms with Crippen molar-refractivity contribution in [1.29, 1.82) is 0 Å². The van der Waals surface area contributed by atoms with Crippen molar-refractivity contribution in [3.8, 4) is 0 Å². The standard InChI is InChI=1S/C21H23N3.BF4/c1-3-7-15(8-4-1)19-13-17-11-12-18-14-20(16-9-5-2-6-10-16)23-21(22-19)24(17)18;2-1(3,4)5/h1-10,17-20H,11-14H2,(H,22,23);/q;-1/p+1/t17-,18+,19-,20+;. The summed E-state index contributed by atoms with van der Waals surface area (Å²) >= 11 is 0. The van der Waals surface area contributed by atoms with Gasteiger partial charge in [0.25, 0.3) is 0 Å². The number of nitrogens with one attached hydrogen (secondary N) is 2. The molecule has 2 aromatic carbocycles. The van der Waals surface area contributed by atoms with Crippen LogP contribution in [0.1, 0.15) is 48.9 Å². The summed E-state index contributed by atoms with van der Waals surface area (Å²) in [5.74, 6) is 1.25. The first-order valence-electron chi connectivity index (χ1n) is 10.0. The number of hydrogen-bond acceptors (Lipinski definition) is 2. The first-order valence-corrected chi connectivity index (χ1v) is 10.0. The third-order valence-electron chi connectivity index (χ3n) is 5.92. The Labute approximate surface area is 167 Å². The minimum atomic E-state index is -6.00. The molecule has 1 fully saturated rings. The van der Waals surface area contributed by atoms with Crippen molar-refractivity contribution < 1.29 is 21.8 Å². The molecule has 0 spiro atoms. The zero-order valence-electron chi connectivity index (χ0n) is 15.9. The van der Waals surface area contributed by atoms with Crippen molar-refractivity contribution in [1.82, 2.24) is 10.6 Å². The maximum atomic E-state index is 9.75. The van der Waals surface area contributed by atoms with Gasteiger partial charge in [-0.1, -0.05) is 60.7 Å². The summed E-state index contributed by atoms with van der Waals surface area (Å²) in [6.45, 7) is 0. The molecule has 154 valence electrons. The first-order chi connectivity index (χ1) is 13.9. The molecule has 5 rings (SSSR count). The van der Waals surface area contributed by atoms with Crippen molar-refractivity contribution in [2.24, 2.45) is 0 Å². The SMILES string of the molecule is F[B-](F)(F)F.c1ccc([C@@H]2C[C@@H]3CC[C@@H]4C[C@H](c5ccccc5)NC(=[N+]43)N2)cc1. The molecule has 0 aromatic heterocycles. The molecule has 3 nitrogen and oxygen atoms in total. The van der Waals surface area contributed by atoms with Crippen LogP contribution in [0.3, 0.4) is 0 Å². The van der Waals surface area contributed by atoms with E-state index in [0.717, 1.165) is 0 Å². The molecule has 0 saturated carbocycles. The molecular formula is C21H24BF4N3. The predicted octanol–water partition coefficient (Wildman–Crippen LogP) is 4.66. The lowest BCUT2D eigenvalue weighted by atomic mass is 9.95. The van der Waals surface area contributed by atoms with E-state index in [0.29, 0.717) is 24.2 Å². The second kappa shape index (κ2) is 8.09. The monoisotopic (exact) mass is 405 g/mol. The van der Waals surface area contributed by atoms with Gasteiger partial charge >= 0.3 is 13.2 Å². The van der Waals surface area contributed by atoms with E-state index in [1.54, 1.807) is 0 Å². The number of hydrogen-bond donors (Lipinski definition) is 2. The van der Waals surface area contributed by atoms with Crippen LogP contribution in [-0.2, 0) is 0 Å². The molecular weight excluding hydrogens is 381 g/mol. The Balaban J connectivity index is 0.000000369. The van der Waals surface area contributed by atoms with Crippen molar-refractivity contribution in [2.45, 2.75) is 49.9 Å². The molecule has 0 radical (unpaired) electrons. The van der Waals surface area contributed by atoms with Gasteiger partial charge in [0.2, 0.25) is 0 Å². The normalized spacial score (nSPS) is 27.9. The van der Waals surface area contributed by atoms with E-state index in [4.69, 9.17) is 0 Å². The summed E-state index contributed by atoms with van der Waals surface area (Å²) in [7, 11) is -6.00. The molecule has 2 aromatic rings. The smallest absolute Gasteiger partial charge is 0.418 e. The van der Waals surface area contributed by atoms with Gasteiger partial charge in [-0.15, -0.1) is 0 Å². The van der Waals surface area contributed by atoms with Gasteiger partial charge in [-0.2, -0.15) is 0 Å². The number of nitrogens with zero attached hydrogens (tertiary/aromatic N) is 1. The average Bonchev–Trinajstić information content (AvgIpc) is 3.12. The highest BCUT2D eigenvalue weighted by molar-refractivity contribution is 6.50. The molecule has 3 aliphatic rings. The van der Waals surface area contributed by atoms with Crippen molar-refractivity contribution in [2.75, 3.05) is 0 Å². The van der Waals surface area contributed by atoms with E-state index in [1.807, 2.05) is 0 Å². The number of benzene rings is 2. The van der Waals surface area contributed by atoms with Gasteiger partial charge in [-0.25, -0.2) is 0 Å². The number of guanidine groups is 1. The Bertz CT molecular complexity index is 788.